The smallest absolute Gasteiger partial charge is 0.230 e. The lowest BCUT2D eigenvalue weighted by Gasteiger charge is -2.06. The predicted octanol–water partition coefficient (Wildman–Crippen LogP) is 5.41. The summed E-state index contributed by atoms with van der Waals surface area (Å²) < 4.78 is 2.27. The molecule has 4 heteroatoms. The minimum absolute atomic E-state index is 0.0503. The minimum atomic E-state index is 0.0503. The van der Waals surface area contributed by atoms with Crippen molar-refractivity contribution in [2.24, 2.45) is 0 Å². The quantitative estimate of drug-likeness (QED) is 0.421. The Morgan fingerprint density at radius 3 is 2.52 bits per heavy atom. The lowest BCUT2D eigenvalue weighted by atomic mass is 10.1. The Labute approximate surface area is 175 Å². The van der Waals surface area contributed by atoms with Crippen LogP contribution in [0.4, 0.5) is 0 Å². The first kappa shape index (κ1) is 19.3. The van der Waals surface area contributed by atoms with Gasteiger partial charge in [0.15, 0.2) is 0 Å². The first-order valence-electron chi connectivity index (χ1n) is 9.76. The van der Waals surface area contributed by atoms with Gasteiger partial charge in [-0.3, -0.25) is 4.79 Å². The average Bonchev–Trinajstić information content (AvgIpc) is 3.09. The molecule has 3 aromatic carbocycles. The molecule has 0 aliphatic heterocycles. The van der Waals surface area contributed by atoms with E-state index < -0.39 is 0 Å². The van der Waals surface area contributed by atoms with Gasteiger partial charge < -0.3 is 9.88 Å². The number of carbonyl (C=O) groups is 1. The molecule has 0 spiro atoms. The molecule has 0 saturated heterocycles. The van der Waals surface area contributed by atoms with E-state index in [4.69, 9.17) is 0 Å². The lowest BCUT2D eigenvalue weighted by molar-refractivity contribution is -0.118. The van der Waals surface area contributed by atoms with Gasteiger partial charge in [0.2, 0.25) is 5.91 Å². The van der Waals surface area contributed by atoms with Crippen LogP contribution in [0.5, 0.6) is 0 Å². The molecule has 4 aromatic rings. The van der Waals surface area contributed by atoms with Crippen molar-refractivity contribution in [3.63, 3.8) is 0 Å². The number of hydrogen-bond donors (Lipinski definition) is 1. The summed E-state index contributed by atoms with van der Waals surface area (Å²) in [7, 11) is 0. The molecule has 146 valence electrons. The molecule has 4 rings (SSSR count). The van der Waals surface area contributed by atoms with Gasteiger partial charge in [0, 0.05) is 35.1 Å². The third-order valence-corrected chi connectivity index (χ3v) is 5.92. The van der Waals surface area contributed by atoms with E-state index in [0.29, 0.717) is 12.3 Å². The predicted molar refractivity (Wildman–Crippen MR) is 121 cm³/mol. The summed E-state index contributed by atoms with van der Waals surface area (Å²) in [5, 5.41) is 4.20. The van der Waals surface area contributed by atoms with Crippen molar-refractivity contribution in [3.05, 3.63) is 102 Å². The van der Waals surface area contributed by atoms with E-state index in [0.717, 1.165) is 17.0 Å². The van der Waals surface area contributed by atoms with Crippen molar-refractivity contribution in [2.45, 2.75) is 24.9 Å². The highest BCUT2D eigenvalue weighted by molar-refractivity contribution is 8.00. The Balaban J connectivity index is 1.45. The molecular formula is C25H24N2OS. The number of benzene rings is 3. The second kappa shape index (κ2) is 9.01. The third kappa shape index (κ3) is 4.90. The first-order chi connectivity index (χ1) is 14.2. The molecule has 0 bridgehead atoms. The molecule has 29 heavy (non-hydrogen) atoms. The van der Waals surface area contributed by atoms with Crippen molar-refractivity contribution in [3.8, 4) is 0 Å². The van der Waals surface area contributed by atoms with E-state index in [1.54, 1.807) is 11.8 Å². The number of aromatic nitrogens is 1. The van der Waals surface area contributed by atoms with Crippen LogP contribution in [0.2, 0.25) is 0 Å². The summed E-state index contributed by atoms with van der Waals surface area (Å²) in [5.41, 5.74) is 4.85. The van der Waals surface area contributed by atoms with Gasteiger partial charge in [-0.2, -0.15) is 0 Å². The zero-order chi connectivity index (χ0) is 20.1. The van der Waals surface area contributed by atoms with E-state index in [9.17, 15) is 4.79 Å². The number of amides is 1. The molecule has 0 unspecified atom stereocenters. The van der Waals surface area contributed by atoms with Crippen molar-refractivity contribution in [2.75, 3.05) is 5.75 Å². The Bertz CT molecular complexity index is 1120. The fraction of sp³-hybridized carbons (Fsp3) is 0.160. The monoisotopic (exact) mass is 400 g/mol. The molecule has 1 aromatic heterocycles. The van der Waals surface area contributed by atoms with Gasteiger partial charge in [-0.1, -0.05) is 78.4 Å². The topological polar surface area (TPSA) is 34.0 Å². The lowest BCUT2D eigenvalue weighted by Crippen LogP contribution is -2.24. The molecule has 1 amide bonds. The maximum Gasteiger partial charge on any atom is 0.230 e. The molecule has 0 aliphatic rings. The van der Waals surface area contributed by atoms with Gasteiger partial charge in [-0.15, -0.1) is 11.8 Å². The van der Waals surface area contributed by atoms with Gasteiger partial charge in [0.25, 0.3) is 0 Å². The number of nitrogens with zero attached hydrogens (tertiary/aromatic N) is 1. The number of rotatable bonds is 7. The highest BCUT2D eigenvalue weighted by atomic mass is 32.2. The standard InChI is InChI=1S/C25H24N2OS/c1-19-8-7-11-21(14-19)16-27-17-24(22-12-5-6-13-23(22)27)29-18-25(28)26-15-20-9-3-2-4-10-20/h2-14,17H,15-16,18H2,1H3,(H,26,28). The summed E-state index contributed by atoms with van der Waals surface area (Å²) in [4.78, 5) is 13.5. The molecule has 1 heterocycles. The maximum absolute atomic E-state index is 12.3. The van der Waals surface area contributed by atoms with E-state index in [1.165, 1.54) is 22.0 Å². The average molecular weight is 401 g/mol. The van der Waals surface area contributed by atoms with Gasteiger partial charge in [0.1, 0.15) is 0 Å². The zero-order valence-corrected chi connectivity index (χ0v) is 17.3. The number of fused-ring (bicyclic) bond motifs is 1. The number of thioether (sulfide) groups is 1. The van der Waals surface area contributed by atoms with Crippen molar-refractivity contribution < 1.29 is 4.79 Å². The fourth-order valence-electron chi connectivity index (χ4n) is 3.46. The number of hydrogen-bond acceptors (Lipinski definition) is 2. The summed E-state index contributed by atoms with van der Waals surface area (Å²) >= 11 is 1.59. The fourth-order valence-corrected chi connectivity index (χ4v) is 4.38. The molecule has 0 fully saturated rings. The van der Waals surface area contributed by atoms with Gasteiger partial charge in [0.05, 0.1) is 5.75 Å². The van der Waals surface area contributed by atoms with Crippen LogP contribution < -0.4 is 5.32 Å². The second-order valence-electron chi connectivity index (χ2n) is 7.18. The SMILES string of the molecule is Cc1cccc(Cn2cc(SCC(=O)NCc3ccccc3)c3ccccc32)c1. The molecule has 0 radical (unpaired) electrons. The van der Waals surface area contributed by atoms with E-state index in [-0.39, 0.29) is 5.91 Å². The molecule has 0 atom stereocenters. The van der Waals surface area contributed by atoms with Crippen LogP contribution in [0.15, 0.2) is 90.0 Å². The van der Waals surface area contributed by atoms with E-state index >= 15 is 0 Å². The van der Waals surface area contributed by atoms with Crippen molar-refractivity contribution in [1.82, 2.24) is 9.88 Å². The molecule has 0 aliphatic carbocycles. The summed E-state index contributed by atoms with van der Waals surface area (Å²) in [6.45, 7) is 3.50. The van der Waals surface area contributed by atoms with Crippen LogP contribution in [-0.4, -0.2) is 16.2 Å². The summed E-state index contributed by atoms with van der Waals surface area (Å²) in [5.74, 6) is 0.458. The maximum atomic E-state index is 12.3. The first-order valence-corrected chi connectivity index (χ1v) is 10.7. The van der Waals surface area contributed by atoms with Crippen molar-refractivity contribution >= 4 is 28.6 Å². The third-order valence-electron chi connectivity index (χ3n) is 4.88. The minimum Gasteiger partial charge on any atom is -0.351 e. The van der Waals surface area contributed by atoms with Crippen LogP contribution in [0.1, 0.15) is 16.7 Å². The summed E-state index contributed by atoms with van der Waals surface area (Å²) in [6.07, 6.45) is 2.17. The second-order valence-corrected chi connectivity index (χ2v) is 8.20. The largest absolute Gasteiger partial charge is 0.351 e. The van der Waals surface area contributed by atoms with Gasteiger partial charge >= 0.3 is 0 Å². The molecule has 1 N–H and O–H groups in total. The Hall–Kier alpha value is -2.98. The molecule has 0 saturated carbocycles. The van der Waals surface area contributed by atoms with Crippen LogP contribution in [-0.2, 0) is 17.9 Å². The van der Waals surface area contributed by atoms with Crippen molar-refractivity contribution in [1.29, 1.82) is 0 Å². The van der Waals surface area contributed by atoms with Gasteiger partial charge in [-0.05, 0) is 24.1 Å². The van der Waals surface area contributed by atoms with E-state index in [2.05, 4.69) is 71.5 Å². The highest BCUT2D eigenvalue weighted by Crippen LogP contribution is 2.30. The number of nitrogens with one attached hydrogen (secondary N) is 1. The normalized spacial score (nSPS) is 10.9. The highest BCUT2D eigenvalue weighted by Gasteiger charge is 2.11. The summed E-state index contributed by atoms with van der Waals surface area (Å²) in [6, 6.07) is 27.0. The van der Waals surface area contributed by atoms with Gasteiger partial charge in [-0.25, -0.2) is 0 Å². The zero-order valence-electron chi connectivity index (χ0n) is 16.5. The number of carbonyl (C=O) groups excluding carboxylic acids is 1. The van der Waals surface area contributed by atoms with E-state index in [1.807, 2.05) is 30.3 Å². The number of para-hydroxylation sites is 1. The van der Waals surface area contributed by atoms with Crippen LogP contribution in [0.25, 0.3) is 10.9 Å². The Morgan fingerprint density at radius 2 is 1.69 bits per heavy atom. The Kier molecular flexibility index (Phi) is 6.01. The Morgan fingerprint density at radius 1 is 0.931 bits per heavy atom. The van der Waals surface area contributed by atoms with Crippen LogP contribution in [0.3, 0.4) is 0 Å². The molecular weight excluding hydrogens is 376 g/mol. The molecule has 3 nitrogen and oxygen atoms in total. The van der Waals surface area contributed by atoms with Crippen LogP contribution >= 0.6 is 11.8 Å². The number of aryl methyl sites for hydroxylation is 1. The van der Waals surface area contributed by atoms with Crippen LogP contribution in [0, 0.1) is 6.92 Å².